The van der Waals surface area contributed by atoms with Crippen LogP contribution in [-0.2, 0) is 41.8 Å². The zero-order valence-electron chi connectivity index (χ0n) is 30.2. The second kappa shape index (κ2) is 21.3. The van der Waals surface area contributed by atoms with E-state index in [2.05, 4.69) is 54.5 Å². The fraction of sp³-hybridized carbons (Fsp3) is 0.500. The maximum absolute atomic E-state index is 13.3. The molecule has 0 N–H and O–H groups in total. The Labute approximate surface area is 311 Å². The molecule has 0 radical (unpaired) electrons. The first-order valence-corrected chi connectivity index (χ1v) is 28.7. The summed E-state index contributed by atoms with van der Waals surface area (Å²) in [5.74, 6) is 0.423. The third-order valence-corrected chi connectivity index (χ3v) is 13.0. The van der Waals surface area contributed by atoms with Gasteiger partial charge in [0.15, 0.2) is 0 Å². The van der Waals surface area contributed by atoms with Crippen molar-refractivity contribution < 1.29 is 33.3 Å². The number of carbonyl (C=O) groups is 2. The molecule has 1 aliphatic rings. The molecule has 1 fully saturated rings. The molecular formula is C40H55IO7Sn. The monoisotopic (exact) mass is 894 g/mol. The fourth-order valence-electron chi connectivity index (χ4n) is 5.55. The van der Waals surface area contributed by atoms with Crippen molar-refractivity contribution in [1.29, 1.82) is 0 Å². The molecule has 6 atom stereocenters. The average Bonchev–Trinajstić information content (AvgIpc) is 3.08. The van der Waals surface area contributed by atoms with Crippen molar-refractivity contribution in [1.82, 2.24) is 0 Å². The van der Waals surface area contributed by atoms with Gasteiger partial charge in [-0.15, -0.1) is 0 Å². The molecule has 1 saturated heterocycles. The van der Waals surface area contributed by atoms with Crippen LogP contribution in [0.3, 0.4) is 0 Å². The van der Waals surface area contributed by atoms with Crippen LogP contribution in [0.15, 0.2) is 86.6 Å². The SMILES string of the molecule is COc1ccc(CO[C@@H](C[C@H](OC(=O)/C=C/CC2CC(=O)O[C@@H]([C@H](C)/C=[CH]/[Sn]([CH3])([CH3])[CH3])C2)[C@H](C)COCc2ccccc2)/C(C)=C/I)cc1. The van der Waals surface area contributed by atoms with Gasteiger partial charge in [0.25, 0.3) is 0 Å². The molecule has 0 bridgehead atoms. The van der Waals surface area contributed by atoms with Crippen LogP contribution in [0.25, 0.3) is 0 Å². The second-order valence-electron chi connectivity index (χ2n) is 14.2. The zero-order valence-corrected chi connectivity index (χ0v) is 35.2. The van der Waals surface area contributed by atoms with E-state index in [0.29, 0.717) is 39.1 Å². The minimum atomic E-state index is -2.07. The summed E-state index contributed by atoms with van der Waals surface area (Å²) < 4.78 is 34.0. The molecule has 0 spiro atoms. The number of ether oxygens (including phenoxy) is 5. The summed E-state index contributed by atoms with van der Waals surface area (Å²) in [5, 5.41) is 0. The van der Waals surface area contributed by atoms with Gasteiger partial charge in [-0.1, -0.05) is 72.0 Å². The molecule has 1 unspecified atom stereocenters. The number of methoxy groups -OCH3 is 1. The Hall–Kier alpha value is -2.15. The van der Waals surface area contributed by atoms with E-state index in [9.17, 15) is 9.59 Å². The summed E-state index contributed by atoms with van der Waals surface area (Å²) in [6.45, 7) is 7.51. The van der Waals surface area contributed by atoms with Gasteiger partial charge in [-0.05, 0) is 39.8 Å². The van der Waals surface area contributed by atoms with Gasteiger partial charge < -0.3 is 14.2 Å². The van der Waals surface area contributed by atoms with E-state index in [1.54, 1.807) is 7.11 Å². The van der Waals surface area contributed by atoms with E-state index in [1.165, 1.54) is 6.08 Å². The number of carbonyl (C=O) groups excluding carboxylic acids is 2. The average molecular weight is 893 g/mol. The molecule has 0 aromatic heterocycles. The van der Waals surface area contributed by atoms with Gasteiger partial charge in [-0.3, -0.25) is 0 Å². The normalized spacial score (nSPS) is 19.8. The van der Waals surface area contributed by atoms with Crippen molar-refractivity contribution in [2.75, 3.05) is 13.7 Å². The summed E-state index contributed by atoms with van der Waals surface area (Å²) in [5.41, 5.74) is 3.17. The van der Waals surface area contributed by atoms with E-state index >= 15 is 0 Å². The van der Waals surface area contributed by atoms with Gasteiger partial charge in [0.2, 0.25) is 0 Å². The Morgan fingerprint density at radius 3 is 2.39 bits per heavy atom. The number of hydrogen-bond donors (Lipinski definition) is 0. The molecule has 0 saturated carbocycles. The van der Waals surface area contributed by atoms with E-state index in [4.69, 9.17) is 23.7 Å². The summed E-state index contributed by atoms with van der Waals surface area (Å²) in [4.78, 5) is 32.8. The standard InChI is InChI=1S/C37H46IO7.3CH3.Sn/c1-6-26(2)34-19-31(20-37(40)45-34)13-10-14-36(39)44-35(28(4)23-42-24-29-11-8-7-9-12-29)21-33(27(3)22-38)43-25-30-15-17-32(41-5)18-16-30;;;;/h1,6-12,14-18,22,26,28,31,33-35H,13,19-21,23-25H2,2-5H3;3*1H3;/b6-1?,14-10+,27-22+;;;;/t26-,28-,31?,33+,34-,35+;;;;/m1..../s1. The van der Waals surface area contributed by atoms with Crippen LogP contribution in [-0.4, -0.2) is 62.3 Å². The molecule has 49 heavy (non-hydrogen) atoms. The molecular weight excluding hydrogens is 838 g/mol. The molecule has 1 aliphatic heterocycles. The van der Waals surface area contributed by atoms with Gasteiger partial charge in [0.1, 0.15) is 5.75 Å². The Kier molecular flexibility index (Phi) is 17.9. The second-order valence-corrected chi connectivity index (χ2v) is 29.3. The van der Waals surface area contributed by atoms with Gasteiger partial charge in [0.05, 0.1) is 33.0 Å². The molecule has 9 heteroatoms. The van der Waals surface area contributed by atoms with Crippen molar-refractivity contribution in [2.45, 2.75) is 92.8 Å². The first kappa shape index (κ1) is 41.3. The topological polar surface area (TPSA) is 80.3 Å². The number of hydrogen-bond acceptors (Lipinski definition) is 7. The minimum absolute atomic E-state index is 0.0868. The van der Waals surface area contributed by atoms with Crippen LogP contribution in [0.2, 0.25) is 14.8 Å². The number of halogens is 1. The molecule has 2 aromatic carbocycles. The number of esters is 2. The largest absolute Gasteiger partial charge is 0.376 e. The molecule has 7 nitrogen and oxygen atoms in total. The molecule has 0 aliphatic carbocycles. The van der Waals surface area contributed by atoms with Gasteiger partial charge in [0, 0.05) is 12.3 Å². The van der Waals surface area contributed by atoms with Gasteiger partial charge >= 0.3 is 137 Å². The van der Waals surface area contributed by atoms with Crippen LogP contribution in [0.5, 0.6) is 5.75 Å². The first-order chi connectivity index (χ1) is 23.4. The summed E-state index contributed by atoms with van der Waals surface area (Å²) in [6.07, 6.45) is 6.97. The van der Waals surface area contributed by atoms with Crippen LogP contribution in [0.4, 0.5) is 0 Å². The number of rotatable bonds is 19. The summed E-state index contributed by atoms with van der Waals surface area (Å²) >= 11 is 0.161. The number of benzene rings is 2. The molecule has 1 heterocycles. The Bertz CT molecular complexity index is 1380. The van der Waals surface area contributed by atoms with Crippen molar-refractivity contribution in [3.05, 3.63) is 97.7 Å². The third-order valence-electron chi connectivity index (χ3n) is 8.64. The summed E-state index contributed by atoms with van der Waals surface area (Å²) in [7, 11) is 1.65. The zero-order chi connectivity index (χ0) is 35.8. The van der Waals surface area contributed by atoms with Crippen LogP contribution in [0, 0.1) is 17.8 Å². The molecule has 0 amide bonds. The quantitative estimate of drug-likeness (QED) is 0.0602. The van der Waals surface area contributed by atoms with Crippen molar-refractivity contribution in [3.8, 4) is 5.75 Å². The first-order valence-electron chi connectivity index (χ1n) is 17.3. The van der Waals surface area contributed by atoms with E-state index in [0.717, 1.165) is 28.9 Å². The van der Waals surface area contributed by atoms with Crippen LogP contribution in [0.1, 0.15) is 57.6 Å². The number of cyclic esters (lactones) is 1. The maximum atomic E-state index is 13.3. The van der Waals surface area contributed by atoms with Gasteiger partial charge in [-0.2, -0.15) is 0 Å². The fourth-order valence-corrected chi connectivity index (χ4v) is 8.47. The number of allylic oxidation sites excluding steroid dienone is 1. The molecule has 268 valence electrons. The Balaban J connectivity index is 1.66. The third kappa shape index (κ3) is 15.7. The molecule has 2 aromatic rings. The molecule has 3 rings (SSSR count). The predicted molar refractivity (Wildman–Crippen MR) is 207 cm³/mol. The minimum Gasteiger partial charge on any atom is -0.376 e. The van der Waals surface area contributed by atoms with Gasteiger partial charge in [-0.25, -0.2) is 0 Å². The van der Waals surface area contributed by atoms with E-state index in [-0.39, 0.29) is 35.9 Å². The van der Waals surface area contributed by atoms with Crippen molar-refractivity contribution in [3.63, 3.8) is 0 Å². The van der Waals surface area contributed by atoms with Crippen molar-refractivity contribution >= 4 is 52.9 Å². The van der Waals surface area contributed by atoms with E-state index in [1.807, 2.05) is 78.6 Å². The Morgan fingerprint density at radius 1 is 1.04 bits per heavy atom. The maximum Gasteiger partial charge on any atom is 0.0717 e. The van der Waals surface area contributed by atoms with Crippen LogP contribution >= 0.6 is 22.6 Å². The Morgan fingerprint density at radius 2 is 1.73 bits per heavy atom. The summed E-state index contributed by atoms with van der Waals surface area (Å²) in [6, 6.07) is 17.8. The van der Waals surface area contributed by atoms with Crippen LogP contribution < -0.4 is 4.74 Å². The predicted octanol–water partition coefficient (Wildman–Crippen LogP) is 9.41. The van der Waals surface area contributed by atoms with Crippen molar-refractivity contribution in [2.24, 2.45) is 17.8 Å². The van der Waals surface area contributed by atoms with E-state index < -0.39 is 30.5 Å². The smallest absolute Gasteiger partial charge is 0.0717 e.